The minimum atomic E-state index is -0.992. The molecule has 1 N–H and O–H groups in total. The molecule has 1 aromatic heterocycles. The molecule has 1 aromatic carbocycles. The second-order valence-corrected chi connectivity index (χ2v) is 4.53. The molecule has 0 saturated heterocycles. The van der Waals surface area contributed by atoms with Crippen molar-refractivity contribution in [3.8, 4) is 0 Å². The molecule has 2 rings (SSSR count). The number of carboxylic acid groups (broad SMARTS) is 1. The van der Waals surface area contributed by atoms with Crippen molar-refractivity contribution in [2.45, 2.75) is 6.54 Å². The number of rotatable bonds is 4. The number of nitrogens with zero attached hydrogens (tertiary/aromatic N) is 2. The zero-order valence-corrected chi connectivity index (χ0v) is 11.1. The van der Waals surface area contributed by atoms with Crippen molar-refractivity contribution in [3.63, 3.8) is 0 Å². The van der Waals surface area contributed by atoms with Crippen LogP contribution in [0.2, 0.25) is 5.02 Å². The number of anilines is 1. The summed E-state index contributed by atoms with van der Waals surface area (Å²) < 4.78 is 0. The van der Waals surface area contributed by atoms with Gasteiger partial charge in [-0.15, -0.1) is 0 Å². The standard InChI is InChI=1S/C14H13ClN2O2/c1-17(9-10-5-2-3-7-12(10)15)13-11(14(18)19)6-4-8-16-13/h2-8H,9H2,1H3,(H,18,19). The summed E-state index contributed by atoms with van der Waals surface area (Å²) in [5, 5.41) is 9.80. The highest BCUT2D eigenvalue weighted by molar-refractivity contribution is 6.31. The van der Waals surface area contributed by atoms with E-state index in [4.69, 9.17) is 16.7 Å². The average molecular weight is 277 g/mol. The molecular formula is C14H13ClN2O2. The Hall–Kier alpha value is -2.07. The predicted octanol–water partition coefficient (Wildman–Crippen LogP) is 3.07. The van der Waals surface area contributed by atoms with Crippen LogP contribution in [0, 0.1) is 0 Å². The Bertz CT molecular complexity index is 602. The lowest BCUT2D eigenvalue weighted by Crippen LogP contribution is -2.20. The summed E-state index contributed by atoms with van der Waals surface area (Å²) in [5.41, 5.74) is 1.10. The Kier molecular flexibility index (Phi) is 4.02. The number of carboxylic acids is 1. The van der Waals surface area contributed by atoms with Crippen LogP contribution >= 0.6 is 11.6 Å². The van der Waals surface area contributed by atoms with Gasteiger partial charge in [0.25, 0.3) is 0 Å². The minimum Gasteiger partial charge on any atom is -0.478 e. The van der Waals surface area contributed by atoms with Gasteiger partial charge < -0.3 is 10.0 Å². The second kappa shape index (κ2) is 5.71. The van der Waals surface area contributed by atoms with Crippen LogP contribution in [0.5, 0.6) is 0 Å². The number of benzene rings is 1. The van der Waals surface area contributed by atoms with Crippen LogP contribution in [0.3, 0.4) is 0 Å². The lowest BCUT2D eigenvalue weighted by Gasteiger charge is -2.20. The molecule has 2 aromatic rings. The molecule has 5 heteroatoms. The average Bonchev–Trinajstić information content (AvgIpc) is 2.41. The fourth-order valence-electron chi connectivity index (χ4n) is 1.83. The maximum absolute atomic E-state index is 11.2. The summed E-state index contributed by atoms with van der Waals surface area (Å²) in [4.78, 5) is 17.0. The van der Waals surface area contributed by atoms with Crippen LogP contribution in [-0.2, 0) is 6.54 Å². The van der Waals surface area contributed by atoms with E-state index in [1.807, 2.05) is 18.2 Å². The molecule has 0 spiro atoms. The van der Waals surface area contributed by atoms with Crippen molar-refractivity contribution < 1.29 is 9.90 Å². The summed E-state index contributed by atoms with van der Waals surface area (Å²) in [6.45, 7) is 0.497. The Morgan fingerprint density at radius 3 is 2.74 bits per heavy atom. The van der Waals surface area contributed by atoms with Gasteiger partial charge in [-0.2, -0.15) is 0 Å². The Labute approximate surface area is 116 Å². The first-order valence-electron chi connectivity index (χ1n) is 5.72. The molecule has 0 aliphatic rings. The van der Waals surface area contributed by atoms with Gasteiger partial charge in [0.1, 0.15) is 11.4 Å². The van der Waals surface area contributed by atoms with Crippen molar-refractivity contribution in [3.05, 3.63) is 58.7 Å². The molecule has 1 heterocycles. The highest BCUT2D eigenvalue weighted by Crippen LogP contribution is 2.21. The van der Waals surface area contributed by atoms with E-state index < -0.39 is 5.97 Å². The third-order valence-corrected chi connectivity index (χ3v) is 3.11. The lowest BCUT2D eigenvalue weighted by molar-refractivity contribution is 0.0697. The third-order valence-electron chi connectivity index (χ3n) is 2.74. The molecule has 98 valence electrons. The zero-order chi connectivity index (χ0) is 13.8. The quantitative estimate of drug-likeness (QED) is 0.932. The third kappa shape index (κ3) is 3.03. The van der Waals surface area contributed by atoms with Crippen molar-refractivity contribution in [1.29, 1.82) is 0 Å². The van der Waals surface area contributed by atoms with Crippen molar-refractivity contribution in [2.24, 2.45) is 0 Å². The molecule has 19 heavy (non-hydrogen) atoms. The summed E-state index contributed by atoms with van der Waals surface area (Å²) in [5.74, 6) is -0.566. The van der Waals surface area contributed by atoms with Crippen LogP contribution in [0.15, 0.2) is 42.6 Å². The largest absolute Gasteiger partial charge is 0.478 e. The van der Waals surface area contributed by atoms with E-state index in [0.717, 1.165) is 5.56 Å². The van der Waals surface area contributed by atoms with Gasteiger partial charge in [0.2, 0.25) is 0 Å². The zero-order valence-electron chi connectivity index (χ0n) is 10.4. The van der Waals surface area contributed by atoms with Crippen LogP contribution in [0.25, 0.3) is 0 Å². The fraction of sp³-hybridized carbons (Fsp3) is 0.143. The molecule has 0 aliphatic heterocycles. The van der Waals surface area contributed by atoms with Crippen molar-refractivity contribution >= 4 is 23.4 Å². The van der Waals surface area contributed by atoms with Gasteiger partial charge in [-0.05, 0) is 23.8 Å². The smallest absolute Gasteiger partial charge is 0.339 e. The highest BCUT2D eigenvalue weighted by Gasteiger charge is 2.15. The predicted molar refractivity (Wildman–Crippen MR) is 74.8 cm³/mol. The first-order valence-corrected chi connectivity index (χ1v) is 6.10. The maximum Gasteiger partial charge on any atom is 0.339 e. The molecule has 0 radical (unpaired) electrons. The molecule has 0 unspecified atom stereocenters. The summed E-state index contributed by atoms with van der Waals surface area (Å²) >= 11 is 6.09. The van der Waals surface area contributed by atoms with E-state index in [1.54, 1.807) is 30.3 Å². The number of hydrogen-bond donors (Lipinski definition) is 1. The van der Waals surface area contributed by atoms with E-state index in [9.17, 15) is 4.79 Å². The fourth-order valence-corrected chi connectivity index (χ4v) is 2.02. The molecule has 0 amide bonds. The molecule has 0 aliphatic carbocycles. The van der Waals surface area contributed by atoms with E-state index in [-0.39, 0.29) is 5.56 Å². The minimum absolute atomic E-state index is 0.178. The van der Waals surface area contributed by atoms with Gasteiger partial charge in [-0.1, -0.05) is 29.8 Å². The van der Waals surface area contributed by atoms with Crippen LogP contribution in [0.1, 0.15) is 15.9 Å². The number of aromatic carboxylic acids is 1. The van der Waals surface area contributed by atoms with Crippen LogP contribution < -0.4 is 4.90 Å². The first kappa shape index (κ1) is 13.4. The molecule has 4 nitrogen and oxygen atoms in total. The van der Waals surface area contributed by atoms with Gasteiger partial charge in [0.15, 0.2) is 0 Å². The summed E-state index contributed by atoms with van der Waals surface area (Å²) in [7, 11) is 1.79. The molecule has 0 atom stereocenters. The molecular weight excluding hydrogens is 264 g/mol. The molecule has 0 saturated carbocycles. The normalized spacial score (nSPS) is 10.2. The van der Waals surface area contributed by atoms with Crippen LogP contribution in [0.4, 0.5) is 5.82 Å². The van der Waals surface area contributed by atoms with Crippen molar-refractivity contribution in [1.82, 2.24) is 4.98 Å². The number of halogens is 1. The van der Waals surface area contributed by atoms with E-state index in [2.05, 4.69) is 4.98 Å². The van der Waals surface area contributed by atoms with E-state index in [0.29, 0.717) is 17.4 Å². The van der Waals surface area contributed by atoms with E-state index >= 15 is 0 Å². The Morgan fingerprint density at radius 1 is 1.32 bits per heavy atom. The Morgan fingerprint density at radius 2 is 2.05 bits per heavy atom. The van der Waals surface area contributed by atoms with Gasteiger partial charge >= 0.3 is 5.97 Å². The molecule has 0 fully saturated rings. The monoisotopic (exact) mass is 276 g/mol. The number of hydrogen-bond acceptors (Lipinski definition) is 3. The molecule has 0 bridgehead atoms. The summed E-state index contributed by atoms with van der Waals surface area (Å²) in [6, 6.07) is 10.6. The van der Waals surface area contributed by atoms with Gasteiger partial charge in [-0.3, -0.25) is 0 Å². The highest BCUT2D eigenvalue weighted by atomic mass is 35.5. The lowest BCUT2D eigenvalue weighted by atomic mass is 10.2. The van der Waals surface area contributed by atoms with E-state index in [1.165, 1.54) is 6.07 Å². The number of carbonyl (C=O) groups is 1. The first-order chi connectivity index (χ1) is 9.09. The van der Waals surface area contributed by atoms with Gasteiger partial charge in [0, 0.05) is 24.8 Å². The second-order valence-electron chi connectivity index (χ2n) is 4.13. The van der Waals surface area contributed by atoms with Crippen molar-refractivity contribution in [2.75, 3.05) is 11.9 Å². The maximum atomic E-state index is 11.2. The topological polar surface area (TPSA) is 53.4 Å². The van der Waals surface area contributed by atoms with Gasteiger partial charge in [0.05, 0.1) is 0 Å². The number of pyridine rings is 1. The number of aromatic nitrogens is 1. The SMILES string of the molecule is CN(Cc1ccccc1Cl)c1ncccc1C(=O)O. The van der Waals surface area contributed by atoms with Crippen LogP contribution in [-0.4, -0.2) is 23.1 Å². The van der Waals surface area contributed by atoms with Gasteiger partial charge in [-0.25, -0.2) is 9.78 Å². The summed E-state index contributed by atoms with van der Waals surface area (Å²) in [6.07, 6.45) is 1.57. The Balaban J connectivity index is 2.28.